The second-order valence-electron chi connectivity index (χ2n) is 7.37. The maximum absolute atomic E-state index is 13.2. The number of aromatic nitrogens is 2. The topological polar surface area (TPSA) is 98.2 Å². The number of para-hydroxylation sites is 2. The lowest BCUT2D eigenvalue weighted by Gasteiger charge is -2.33. The smallest absolute Gasteiger partial charge is 0.262 e. The largest absolute Gasteiger partial charge is 0.375 e. The number of fused-ring (bicyclic) bond motifs is 3. The molecular weight excluding hydrogens is 356 g/mol. The van der Waals surface area contributed by atoms with E-state index in [1.165, 1.54) is 4.57 Å². The van der Waals surface area contributed by atoms with Crippen molar-refractivity contribution in [1.29, 1.82) is 0 Å². The number of carbonyl (C=O) groups excluding carboxylic acids is 1. The maximum Gasteiger partial charge on any atom is 0.262 e. The first-order valence-electron chi connectivity index (χ1n) is 9.22. The molecule has 2 aromatic carbocycles. The van der Waals surface area contributed by atoms with Gasteiger partial charge < -0.3 is 10.4 Å². The lowest BCUT2D eigenvalue weighted by Crippen LogP contribution is -2.60. The standard InChI is InChI=1S/C21H18N4O3/c1-12-18-24-15-8-4-2-6-13(15)20(27)25(18)17(19(26)23-12)10-21(28)11-22-16-9-5-3-7-14(16)21/h2-9,11-12,17,28H,10H2,1H3,(H,23,26)/p+1/t12-,17+,21+/m0/s1. The fraction of sp³-hybridized carbons (Fsp3) is 0.238. The van der Waals surface area contributed by atoms with Crippen LogP contribution in [0.2, 0.25) is 0 Å². The minimum atomic E-state index is -1.37. The fourth-order valence-corrected chi connectivity index (χ4v) is 4.17. The van der Waals surface area contributed by atoms with Gasteiger partial charge in [0.25, 0.3) is 5.56 Å². The molecule has 1 amide bonds. The summed E-state index contributed by atoms with van der Waals surface area (Å²) in [5.41, 5.74) is 0.430. The Balaban J connectivity index is 1.67. The highest BCUT2D eigenvalue weighted by Gasteiger charge is 2.45. The van der Waals surface area contributed by atoms with Crippen molar-refractivity contribution in [2.75, 3.05) is 0 Å². The summed E-state index contributed by atoms with van der Waals surface area (Å²) >= 11 is 0. The normalized spacial score (nSPS) is 25.4. The van der Waals surface area contributed by atoms with Gasteiger partial charge in [0.15, 0.2) is 11.8 Å². The highest BCUT2D eigenvalue weighted by Crippen LogP contribution is 2.36. The summed E-state index contributed by atoms with van der Waals surface area (Å²) in [6, 6.07) is 13.2. The number of amides is 1. The van der Waals surface area contributed by atoms with E-state index >= 15 is 0 Å². The van der Waals surface area contributed by atoms with E-state index in [1.807, 2.05) is 30.3 Å². The molecule has 2 aliphatic heterocycles. The first kappa shape index (κ1) is 16.8. The summed E-state index contributed by atoms with van der Waals surface area (Å²) in [6.45, 7) is 1.80. The maximum atomic E-state index is 13.2. The van der Waals surface area contributed by atoms with E-state index in [2.05, 4.69) is 15.3 Å². The van der Waals surface area contributed by atoms with Crippen molar-refractivity contribution in [3.63, 3.8) is 0 Å². The highest BCUT2D eigenvalue weighted by molar-refractivity contribution is 5.85. The Morgan fingerprint density at radius 2 is 1.93 bits per heavy atom. The Bertz CT molecular complexity index is 1220. The van der Waals surface area contributed by atoms with Crippen molar-refractivity contribution in [2.24, 2.45) is 0 Å². The average molecular weight is 375 g/mol. The summed E-state index contributed by atoms with van der Waals surface area (Å²) in [4.78, 5) is 33.8. The SMILES string of the molecule is C[C@@H]1NC(=O)[C@@H](C[C@@]2(O)C=[NH+]c3ccccc32)n2c1nc1ccccc1c2=O. The molecule has 3 heterocycles. The highest BCUT2D eigenvalue weighted by atomic mass is 16.3. The van der Waals surface area contributed by atoms with Gasteiger partial charge in [-0.3, -0.25) is 14.2 Å². The number of rotatable bonds is 2. The van der Waals surface area contributed by atoms with Gasteiger partial charge in [-0.25, -0.2) is 9.98 Å². The molecule has 0 radical (unpaired) electrons. The zero-order valence-electron chi connectivity index (χ0n) is 15.2. The van der Waals surface area contributed by atoms with Crippen molar-refractivity contribution in [3.05, 3.63) is 70.3 Å². The van der Waals surface area contributed by atoms with Gasteiger partial charge in [-0.2, -0.15) is 0 Å². The van der Waals surface area contributed by atoms with Gasteiger partial charge in [0, 0.05) is 12.5 Å². The zero-order chi connectivity index (χ0) is 19.5. The van der Waals surface area contributed by atoms with E-state index in [-0.39, 0.29) is 17.9 Å². The molecule has 0 unspecified atom stereocenters. The van der Waals surface area contributed by atoms with Gasteiger partial charge in [0.05, 0.1) is 22.5 Å². The lowest BCUT2D eigenvalue weighted by molar-refractivity contribution is -0.346. The molecular formula is C21H19N4O3+. The third-order valence-electron chi connectivity index (χ3n) is 5.56. The third kappa shape index (κ3) is 2.33. The lowest BCUT2D eigenvalue weighted by atomic mass is 9.88. The monoisotopic (exact) mass is 375 g/mol. The molecule has 28 heavy (non-hydrogen) atoms. The zero-order valence-corrected chi connectivity index (χ0v) is 15.2. The van der Waals surface area contributed by atoms with Crippen LogP contribution in [0.1, 0.15) is 36.8 Å². The van der Waals surface area contributed by atoms with E-state index in [9.17, 15) is 14.7 Å². The van der Waals surface area contributed by atoms with Gasteiger partial charge in [0.2, 0.25) is 11.6 Å². The first-order chi connectivity index (χ1) is 13.5. The summed E-state index contributed by atoms with van der Waals surface area (Å²) in [6.07, 6.45) is 1.60. The molecule has 7 heteroatoms. The van der Waals surface area contributed by atoms with Crippen LogP contribution in [0.15, 0.2) is 53.3 Å². The number of hydrogen-bond donors (Lipinski definition) is 3. The van der Waals surface area contributed by atoms with E-state index in [1.54, 1.807) is 31.3 Å². The quantitative estimate of drug-likeness (QED) is 0.596. The van der Waals surface area contributed by atoms with E-state index < -0.39 is 17.7 Å². The van der Waals surface area contributed by atoms with Crippen LogP contribution in [0, 0.1) is 0 Å². The van der Waals surface area contributed by atoms with Crippen molar-refractivity contribution in [3.8, 4) is 0 Å². The van der Waals surface area contributed by atoms with Crippen molar-refractivity contribution in [2.45, 2.75) is 31.0 Å². The first-order valence-corrected chi connectivity index (χ1v) is 9.22. The number of hydrogen-bond acceptors (Lipinski definition) is 4. The number of carbonyl (C=O) groups is 1. The molecule has 0 saturated carbocycles. The van der Waals surface area contributed by atoms with Gasteiger partial charge >= 0.3 is 0 Å². The Morgan fingerprint density at radius 3 is 2.79 bits per heavy atom. The summed E-state index contributed by atoms with van der Waals surface area (Å²) in [5.74, 6) is 0.196. The minimum Gasteiger partial charge on any atom is -0.375 e. The third-order valence-corrected chi connectivity index (χ3v) is 5.56. The van der Waals surface area contributed by atoms with Crippen LogP contribution in [0.25, 0.3) is 10.9 Å². The summed E-state index contributed by atoms with van der Waals surface area (Å²) in [5, 5.41) is 14.6. The summed E-state index contributed by atoms with van der Waals surface area (Å²) < 4.78 is 1.44. The Morgan fingerprint density at radius 1 is 1.18 bits per heavy atom. The minimum absolute atomic E-state index is 0.0303. The molecule has 2 aliphatic rings. The van der Waals surface area contributed by atoms with E-state index in [0.29, 0.717) is 22.3 Å². The molecule has 7 nitrogen and oxygen atoms in total. The summed E-state index contributed by atoms with van der Waals surface area (Å²) in [7, 11) is 0. The molecule has 3 aromatic rings. The second kappa shape index (κ2) is 5.84. The number of nitrogens with zero attached hydrogens (tertiary/aromatic N) is 2. The van der Waals surface area contributed by atoms with Crippen molar-refractivity contribution in [1.82, 2.24) is 14.9 Å². The van der Waals surface area contributed by atoms with Crippen LogP contribution < -0.4 is 15.9 Å². The molecule has 140 valence electrons. The molecule has 1 aromatic heterocycles. The van der Waals surface area contributed by atoms with Crippen molar-refractivity contribution < 1.29 is 14.9 Å². The van der Waals surface area contributed by atoms with Gasteiger partial charge in [-0.1, -0.05) is 24.3 Å². The van der Waals surface area contributed by atoms with Crippen LogP contribution in [0.4, 0.5) is 5.69 Å². The Kier molecular flexibility index (Phi) is 3.51. The molecule has 5 rings (SSSR count). The van der Waals surface area contributed by atoms with E-state index in [0.717, 1.165) is 5.69 Å². The molecule has 0 fully saturated rings. The molecule has 0 saturated heterocycles. The Hall–Kier alpha value is -3.32. The molecule has 0 aliphatic carbocycles. The number of benzene rings is 2. The fourth-order valence-electron chi connectivity index (χ4n) is 4.17. The van der Waals surface area contributed by atoms with Gasteiger partial charge in [-0.05, 0) is 25.1 Å². The number of nitrogens with one attached hydrogen (secondary N) is 2. The van der Waals surface area contributed by atoms with Gasteiger partial charge in [0.1, 0.15) is 11.9 Å². The average Bonchev–Trinajstić information content (AvgIpc) is 3.03. The number of aliphatic hydroxyl groups is 1. The molecule has 0 bridgehead atoms. The van der Waals surface area contributed by atoms with Crippen LogP contribution in [-0.2, 0) is 10.4 Å². The molecule has 0 spiro atoms. The predicted molar refractivity (Wildman–Crippen MR) is 103 cm³/mol. The van der Waals surface area contributed by atoms with Crippen LogP contribution in [-0.4, -0.2) is 26.8 Å². The van der Waals surface area contributed by atoms with Crippen LogP contribution in [0.3, 0.4) is 0 Å². The predicted octanol–water partition coefficient (Wildman–Crippen LogP) is 0.203. The van der Waals surface area contributed by atoms with Crippen molar-refractivity contribution >= 4 is 28.7 Å². The van der Waals surface area contributed by atoms with Gasteiger partial charge in [-0.15, -0.1) is 0 Å². The van der Waals surface area contributed by atoms with E-state index in [4.69, 9.17) is 0 Å². The Labute approximate surface area is 160 Å². The molecule has 3 N–H and O–H groups in total. The van der Waals surface area contributed by atoms with Crippen LogP contribution in [0.5, 0.6) is 0 Å². The van der Waals surface area contributed by atoms with Crippen LogP contribution >= 0.6 is 0 Å². The second-order valence-corrected chi connectivity index (χ2v) is 7.37. The molecule has 3 atom stereocenters.